The van der Waals surface area contributed by atoms with Gasteiger partial charge in [0.1, 0.15) is 4.90 Å². The number of para-hydroxylation sites is 1. The third-order valence-electron chi connectivity index (χ3n) is 3.69. The van der Waals surface area contributed by atoms with Gasteiger partial charge in [-0.1, -0.05) is 23.7 Å². The molecule has 27 heavy (non-hydrogen) atoms. The molecule has 0 aliphatic heterocycles. The van der Waals surface area contributed by atoms with Crippen LogP contribution in [-0.2, 0) is 14.9 Å². The van der Waals surface area contributed by atoms with Crippen molar-refractivity contribution in [1.29, 1.82) is 0 Å². The van der Waals surface area contributed by atoms with Gasteiger partial charge in [-0.3, -0.25) is 9.78 Å². The standard InChI is InChI=1S/C17H19ClN4O4S/c1-17(18,26-21-16(23)12-5-4-10-19-11-12)20-14-6-2-3-7-15(14)27(24,25)22-13-8-9-13/h2-7,10-11,13,20,22H,8-9H2,1H3,(H,21,23). The van der Waals surface area contributed by atoms with Crippen molar-refractivity contribution in [2.24, 2.45) is 0 Å². The van der Waals surface area contributed by atoms with Crippen molar-refractivity contribution in [3.05, 3.63) is 54.4 Å². The van der Waals surface area contributed by atoms with Crippen molar-refractivity contribution in [2.75, 3.05) is 5.32 Å². The van der Waals surface area contributed by atoms with Crippen molar-refractivity contribution in [2.45, 2.75) is 35.9 Å². The first-order chi connectivity index (χ1) is 12.8. The van der Waals surface area contributed by atoms with E-state index >= 15 is 0 Å². The number of hydrogen-bond donors (Lipinski definition) is 3. The first kappa shape index (κ1) is 19.6. The molecule has 8 nitrogen and oxygen atoms in total. The summed E-state index contributed by atoms with van der Waals surface area (Å²) in [6.45, 7) is 1.44. The minimum atomic E-state index is -3.70. The molecule has 1 heterocycles. The van der Waals surface area contributed by atoms with Crippen molar-refractivity contribution in [3.63, 3.8) is 0 Å². The molecule has 1 atom stereocenters. The van der Waals surface area contributed by atoms with E-state index in [0.29, 0.717) is 5.56 Å². The van der Waals surface area contributed by atoms with Crippen molar-refractivity contribution < 1.29 is 18.0 Å². The maximum Gasteiger partial charge on any atom is 0.276 e. The molecular formula is C17H19ClN4O4S. The fourth-order valence-corrected chi connectivity index (χ4v) is 3.86. The number of halogens is 1. The molecular weight excluding hydrogens is 392 g/mol. The molecule has 0 spiro atoms. The fraction of sp³-hybridized carbons (Fsp3) is 0.294. The minimum Gasteiger partial charge on any atom is -0.342 e. The van der Waals surface area contributed by atoms with Crippen LogP contribution in [0.1, 0.15) is 30.1 Å². The zero-order chi connectivity index (χ0) is 19.5. The highest BCUT2D eigenvalue weighted by molar-refractivity contribution is 7.89. The van der Waals surface area contributed by atoms with Gasteiger partial charge in [0.2, 0.25) is 15.2 Å². The summed E-state index contributed by atoms with van der Waals surface area (Å²) in [6.07, 6.45) is 4.57. The van der Waals surface area contributed by atoms with Gasteiger partial charge in [-0.15, -0.1) is 0 Å². The lowest BCUT2D eigenvalue weighted by atomic mass is 10.3. The highest BCUT2D eigenvalue weighted by Gasteiger charge is 2.31. The van der Waals surface area contributed by atoms with Gasteiger partial charge in [-0.2, -0.15) is 0 Å². The number of benzene rings is 1. The van der Waals surface area contributed by atoms with Crippen LogP contribution in [0, 0.1) is 0 Å². The summed E-state index contributed by atoms with van der Waals surface area (Å²) in [5, 5.41) is 1.19. The van der Waals surface area contributed by atoms with Crippen LogP contribution in [0.15, 0.2) is 53.7 Å². The fourth-order valence-electron chi connectivity index (χ4n) is 2.25. The van der Waals surface area contributed by atoms with Crippen LogP contribution in [0.2, 0.25) is 0 Å². The number of hydroxylamine groups is 1. The zero-order valence-electron chi connectivity index (χ0n) is 14.5. The maximum atomic E-state index is 12.5. The van der Waals surface area contributed by atoms with Crippen LogP contribution in [0.25, 0.3) is 0 Å². The third-order valence-corrected chi connectivity index (χ3v) is 5.44. The average Bonchev–Trinajstić information content (AvgIpc) is 3.44. The molecule has 144 valence electrons. The number of carbonyl (C=O) groups is 1. The normalized spacial score (nSPS) is 16.4. The molecule has 0 bridgehead atoms. The molecule has 0 saturated heterocycles. The molecule has 3 N–H and O–H groups in total. The van der Waals surface area contributed by atoms with Crippen LogP contribution in [0.3, 0.4) is 0 Å². The number of alkyl halides is 1. The third kappa shape index (κ3) is 5.39. The number of aromatic nitrogens is 1. The van der Waals surface area contributed by atoms with Gasteiger partial charge in [0.05, 0.1) is 11.3 Å². The monoisotopic (exact) mass is 410 g/mol. The van der Waals surface area contributed by atoms with Crippen molar-refractivity contribution >= 4 is 33.2 Å². The predicted molar refractivity (Wildman–Crippen MR) is 100 cm³/mol. The quantitative estimate of drug-likeness (QED) is 0.266. The summed E-state index contributed by atoms with van der Waals surface area (Å²) in [6, 6.07) is 9.46. The lowest BCUT2D eigenvalue weighted by Crippen LogP contribution is -2.40. The lowest BCUT2D eigenvalue weighted by Gasteiger charge is -2.25. The van der Waals surface area contributed by atoms with E-state index in [0.717, 1.165) is 12.8 Å². The highest BCUT2D eigenvalue weighted by atomic mass is 35.5. The van der Waals surface area contributed by atoms with Crippen LogP contribution in [-0.4, -0.2) is 30.5 Å². The van der Waals surface area contributed by atoms with Gasteiger partial charge in [0.25, 0.3) is 5.91 Å². The van der Waals surface area contributed by atoms with Crippen LogP contribution < -0.4 is 15.5 Å². The number of nitrogens with zero attached hydrogens (tertiary/aromatic N) is 1. The van der Waals surface area contributed by atoms with Gasteiger partial charge < -0.3 is 5.32 Å². The van der Waals surface area contributed by atoms with E-state index in [-0.39, 0.29) is 16.6 Å². The van der Waals surface area contributed by atoms with Gasteiger partial charge in [0.15, 0.2) is 0 Å². The van der Waals surface area contributed by atoms with E-state index in [9.17, 15) is 13.2 Å². The van der Waals surface area contributed by atoms with E-state index in [1.54, 1.807) is 30.3 Å². The number of hydrogen-bond acceptors (Lipinski definition) is 6. The van der Waals surface area contributed by atoms with Crippen LogP contribution in [0.4, 0.5) is 5.69 Å². The Morgan fingerprint density at radius 3 is 2.67 bits per heavy atom. The smallest absolute Gasteiger partial charge is 0.276 e. The largest absolute Gasteiger partial charge is 0.342 e. The Morgan fingerprint density at radius 2 is 2.00 bits per heavy atom. The van der Waals surface area contributed by atoms with Gasteiger partial charge in [-0.05, 0) is 37.1 Å². The molecule has 1 fully saturated rings. The Kier molecular flexibility index (Phi) is 5.66. The molecule has 10 heteroatoms. The van der Waals surface area contributed by atoms with E-state index in [1.807, 2.05) is 0 Å². The number of anilines is 1. The molecule has 1 unspecified atom stereocenters. The van der Waals surface area contributed by atoms with Crippen LogP contribution >= 0.6 is 11.6 Å². The Bertz CT molecular complexity index is 918. The van der Waals surface area contributed by atoms with Crippen molar-refractivity contribution in [3.8, 4) is 0 Å². The first-order valence-corrected chi connectivity index (χ1v) is 10.1. The molecule has 3 rings (SSSR count). The molecule has 1 saturated carbocycles. The van der Waals surface area contributed by atoms with E-state index < -0.39 is 21.1 Å². The van der Waals surface area contributed by atoms with Gasteiger partial charge >= 0.3 is 0 Å². The number of sulfonamides is 1. The summed E-state index contributed by atoms with van der Waals surface area (Å²) < 4.78 is 27.7. The zero-order valence-corrected chi connectivity index (χ0v) is 16.0. The topological polar surface area (TPSA) is 109 Å². The van der Waals surface area contributed by atoms with E-state index in [2.05, 4.69) is 20.5 Å². The Morgan fingerprint density at radius 1 is 1.26 bits per heavy atom. The summed E-state index contributed by atoms with van der Waals surface area (Å²) in [5.74, 6) is -0.534. The van der Waals surface area contributed by atoms with Crippen LogP contribution in [0.5, 0.6) is 0 Å². The second kappa shape index (κ2) is 7.81. The Hall–Kier alpha value is -2.20. The number of pyridine rings is 1. The highest BCUT2D eigenvalue weighted by Crippen LogP contribution is 2.28. The number of amides is 1. The second-order valence-corrected chi connectivity index (χ2v) is 8.61. The minimum absolute atomic E-state index is 0.0274. The predicted octanol–water partition coefficient (Wildman–Crippen LogP) is 2.21. The Balaban J connectivity index is 1.69. The molecule has 1 amide bonds. The maximum absolute atomic E-state index is 12.5. The summed E-state index contributed by atoms with van der Waals surface area (Å²) in [5.41, 5.74) is 2.76. The molecule has 2 aromatic rings. The van der Waals surface area contributed by atoms with Gasteiger partial charge in [0, 0.05) is 25.4 Å². The molecule has 1 aromatic heterocycles. The SMILES string of the molecule is CC(Cl)(Nc1ccccc1S(=O)(=O)NC1CC1)ONC(=O)c1cccnc1. The molecule has 1 aliphatic carbocycles. The Labute approximate surface area is 162 Å². The number of carbonyl (C=O) groups excluding carboxylic acids is 1. The summed E-state index contributed by atoms with van der Waals surface area (Å²) in [7, 11) is -3.70. The molecule has 0 radical (unpaired) electrons. The second-order valence-electron chi connectivity index (χ2n) is 6.21. The van der Waals surface area contributed by atoms with Crippen molar-refractivity contribution in [1.82, 2.24) is 15.2 Å². The van der Waals surface area contributed by atoms with Gasteiger partial charge in [-0.25, -0.2) is 23.5 Å². The van der Waals surface area contributed by atoms with E-state index in [4.69, 9.17) is 16.4 Å². The van der Waals surface area contributed by atoms with E-state index in [1.165, 1.54) is 25.4 Å². The first-order valence-electron chi connectivity index (χ1n) is 8.24. The summed E-state index contributed by atoms with van der Waals surface area (Å²) in [4.78, 5) is 21.1. The molecule has 1 aliphatic rings. The molecule has 1 aromatic carbocycles. The number of rotatable bonds is 8. The summed E-state index contributed by atoms with van der Waals surface area (Å²) >= 11 is 6.26. The average molecular weight is 411 g/mol. The number of nitrogens with one attached hydrogen (secondary N) is 3. The lowest BCUT2D eigenvalue weighted by molar-refractivity contribution is -0.0176.